The topological polar surface area (TPSA) is 75.3 Å². The number of amides is 1. The number of carbonyl (C=O) groups is 1. The number of rotatable bonds is 7. The van der Waals surface area contributed by atoms with Gasteiger partial charge in [-0.05, 0) is 48.6 Å². The SMILES string of the molecule is CSc1cccc(NC(=O)[C@@H](NS(=O)(=O)c2cccc(Cl)c2)C(C)C)c1. The number of halogens is 1. The van der Waals surface area contributed by atoms with Gasteiger partial charge in [0.05, 0.1) is 4.90 Å². The van der Waals surface area contributed by atoms with Gasteiger partial charge in [0, 0.05) is 15.6 Å². The Morgan fingerprint density at radius 3 is 2.42 bits per heavy atom. The number of thioether (sulfide) groups is 1. The second kappa shape index (κ2) is 8.90. The van der Waals surface area contributed by atoms with Gasteiger partial charge >= 0.3 is 0 Å². The van der Waals surface area contributed by atoms with Crippen molar-refractivity contribution in [1.29, 1.82) is 0 Å². The molecule has 0 saturated carbocycles. The van der Waals surface area contributed by atoms with Crippen LogP contribution in [-0.4, -0.2) is 26.6 Å². The first-order chi connectivity index (χ1) is 12.2. The van der Waals surface area contributed by atoms with Crippen molar-refractivity contribution in [2.24, 2.45) is 5.92 Å². The van der Waals surface area contributed by atoms with E-state index >= 15 is 0 Å². The minimum Gasteiger partial charge on any atom is -0.325 e. The molecule has 2 aromatic carbocycles. The van der Waals surface area contributed by atoms with Crippen molar-refractivity contribution in [3.05, 3.63) is 53.6 Å². The van der Waals surface area contributed by atoms with Crippen molar-refractivity contribution in [3.63, 3.8) is 0 Å². The van der Waals surface area contributed by atoms with Gasteiger partial charge < -0.3 is 5.32 Å². The lowest BCUT2D eigenvalue weighted by Crippen LogP contribution is -2.47. The first kappa shape index (κ1) is 20.8. The molecule has 2 N–H and O–H groups in total. The lowest BCUT2D eigenvalue weighted by Gasteiger charge is -2.22. The molecule has 26 heavy (non-hydrogen) atoms. The van der Waals surface area contributed by atoms with E-state index in [-0.39, 0.29) is 10.8 Å². The maximum absolute atomic E-state index is 12.7. The van der Waals surface area contributed by atoms with Crippen LogP contribution in [0.3, 0.4) is 0 Å². The minimum absolute atomic E-state index is 0.0211. The van der Waals surface area contributed by atoms with E-state index in [0.717, 1.165) is 4.90 Å². The zero-order chi connectivity index (χ0) is 19.3. The molecule has 0 aliphatic heterocycles. The summed E-state index contributed by atoms with van der Waals surface area (Å²) in [5.41, 5.74) is 0.620. The molecule has 1 amide bonds. The zero-order valence-corrected chi connectivity index (χ0v) is 17.1. The van der Waals surface area contributed by atoms with Crippen molar-refractivity contribution in [3.8, 4) is 0 Å². The largest absolute Gasteiger partial charge is 0.325 e. The van der Waals surface area contributed by atoms with Gasteiger partial charge in [-0.1, -0.05) is 37.6 Å². The number of sulfonamides is 1. The third-order valence-corrected chi connectivity index (χ3v) is 6.07. The summed E-state index contributed by atoms with van der Waals surface area (Å²) in [6.45, 7) is 3.56. The molecule has 140 valence electrons. The van der Waals surface area contributed by atoms with Crippen molar-refractivity contribution < 1.29 is 13.2 Å². The highest BCUT2D eigenvalue weighted by molar-refractivity contribution is 7.98. The summed E-state index contributed by atoms with van der Waals surface area (Å²) >= 11 is 7.43. The van der Waals surface area contributed by atoms with E-state index in [9.17, 15) is 13.2 Å². The fraction of sp³-hybridized carbons (Fsp3) is 0.278. The quantitative estimate of drug-likeness (QED) is 0.674. The summed E-state index contributed by atoms with van der Waals surface area (Å²) in [4.78, 5) is 13.7. The monoisotopic (exact) mass is 412 g/mol. The van der Waals surface area contributed by atoms with Crippen LogP contribution in [0.5, 0.6) is 0 Å². The van der Waals surface area contributed by atoms with Crippen LogP contribution in [0.2, 0.25) is 5.02 Å². The Kier molecular flexibility index (Phi) is 7.11. The summed E-state index contributed by atoms with van der Waals surface area (Å²) in [5.74, 6) is -0.656. The van der Waals surface area contributed by atoms with Gasteiger partial charge in [0.1, 0.15) is 6.04 Å². The lowest BCUT2D eigenvalue weighted by atomic mass is 10.0. The Morgan fingerprint density at radius 2 is 1.81 bits per heavy atom. The van der Waals surface area contributed by atoms with E-state index in [1.807, 2.05) is 24.5 Å². The maximum Gasteiger partial charge on any atom is 0.242 e. The fourth-order valence-electron chi connectivity index (χ4n) is 2.28. The minimum atomic E-state index is -3.88. The smallest absolute Gasteiger partial charge is 0.242 e. The summed E-state index contributed by atoms with van der Waals surface area (Å²) < 4.78 is 27.7. The molecule has 0 aliphatic carbocycles. The summed E-state index contributed by atoms with van der Waals surface area (Å²) in [6, 6.07) is 12.4. The molecule has 1 atom stereocenters. The Hall–Kier alpha value is -1.54. The average molecular weight is 413 g/mol. The molecule has 2 rings (SSSR count). The predicted octanol–water partition coefficient (Wildman–Crippen LogP) is 4.00. The van der Waals surface area contributed by atoms with Crippen LogP contribution >= 0.6 is 23.4 Å². The molecule has 0 saturated heterocycles. The third kappa shape index (κ3) is 5.48. The number of nitrogens with one attached hydrogen (secondary N) is 2. The number of hydrogen-bond donors (Lipinski definition) is 2. The van der Waals surface area contributed by atoms with Crippen LogP contribution in [0.15, 0.2) is 58.3 Å². The Balaban J connectivity index is 2.21. The number of benzene rings is 2. The van der Waals surface area contributed by atoms with Crippen LogP contribution in [0, 0.1) is 5.92 Å². The van der Waals surface area contributed by atoms with E-state index in [0.29, 0.717) is 10.7 Å². The molecular weight excluding hydrogens is 392 g/mol. The fourth-order valence-corrected chi connectivity index (χ4v) is 4.39. The van der Waals surface area contributed by atoms with Gasteiger partial charge in [-0.3, -0.25) is 4.79 Å². The van der Waals surface area contributed by atoms with Crippen molar-refractivity contribution >= 4 is 45.0 Å². The molecule has 2 aromatic rings. The molecule has 8 heteroatoms. The third-order valence-electron chi connectivity index (χ3n) is 3.67. The number of carbonyl (C=O) groups excluding carboxylic acids is 1. The first-order valence-corrected chi connectivity index (χ1v) is 11.0. The van der Waals surface area contributed by atoms with Crippen LogP contribution in [-0.2, 0) is 14.8 Å². The first-order valence-electron chi connectivity index (χ1n) is 7.96. The Bertz CT molecular complexity index is 886. The van der Waals surface area contributed by atoms with Gasteiger partial charge in [-0.25, -0.2) is 8.42 Å². The van der Waals surface area contributed by atoms with Gasteiger partial charge in [0.25, 0.3) is 0 Å². The second-order valence-electron chi connectivity index (χ2n) is 6.02. The average Bonchev–Trinajstić information content (AvgIpc) is 2.59. The molecule has 0 aromatic heterocycles. The molecule has 0 spiro atoms. The Morgan fingerprint density at radius 1 is 1.12 bits per heavy atom. The molecule has 0 heterocycles. The van der Waals surface area contributed by atoms with Gasteiger partial charge in [-0.2, -0.15) is 4.72 Å². The van der Waals surface area contributed by atoms with E-state index in [1.54, 1.807) is 43.8 Å². The van der Waals surface area contributed by atoms with Crippen molar-refractivity contribution in [2.45, 2.75) is 29.7 Å². The highest BCUT2D eigenvalue weighted by Crippen LogP contribution is 2.20. The molecule has 0 aliphatic rings. The normalized spacial score (nSPS) is 12.8. The van der Waals surface area contributed by atoms with E-state index in [2.05, 4.69) is 10.0 Å². The van der Waals surface area contributed by atoms with Crippen LogP contribution in [0.4, 0.5) is 5.69 Å². The molecule has 0 unspecified atom stereocenters. The molecule has 0 bridgehead atoms. The summed E-state index contributed by atoms with van der Waals surface area (Å²) in [5, 5.41) is 3.09. The number of anilines is 1. The van der Waals surface area contributed by atoms with E-state index in [1.165, 1.54) is 12.1 Å². The van der Waals surface area contributed by atoms with Crippen molar-refractivity contribution in [1.82, 2.24) is 4.72 Å². The molecular formula is C18H21ClN2O3S2. The van der Waals surface area contributed by atoms with E-state index in [4.69, 9.17) is 11.6 Å². The predicted molar refractivity (Wildman–Crippen MR) is 107 cm³/mol. The standard InChI is InChI=1S/C18H21ClN2O3S2/c1-12(2)17(18(22)20-14-7-5-8-15(11-14)25-3)21-26(23,24)16-9-4-6-13(19)10-16/h4-12,17,21H,1-3H3,(H,20,22)/t17-/m0/s1. The summed E-state index contributed by atoms with van der Waals surface area (Å²) in [6.07, 6.45) is 1.94. The van der Waals surface area contributed by atoms with Gasteiger partial charge in [0.15, 0.2) is 0 Å². The number of hydrogen-bond acceptors (Lipinski definition) is 4. The van der Waals surface area contributed by atoms with E-state index < -0.39 is 22.0 Å². The Labute approximate surface area is 163 Å². The zero-order valence-electron chi connectivity index (χ0n) is 14.7. The molecule has 0 fully saturated rings. The van der Waals surface area contributed by atoms with Gasteiger partial charge in [-0.15, -0.1) is 11.8 Å². The highest BCUT2D eigenvalue weighted by atomic mass is 35.5. The lowest BCUT2D eigenvalue weighted by molar-refractivity contribution is -0.118. The van der Waals surface area contributed by atoms with Crippen LogP contribution in [0.1, 0.15) is 13.8 Å². The molecule has 5 nitrogen and oxygen atoms in total. The summed E-state index contributed by atoms with van der Waals surface area (Å²) in [7, 11) is -3.88. The second-order valence-corrected chi connectivity index (χ2v) is 9.05. The van der Waals surface area contributed by atoms with Gasteiger partial charge in [0.2, 0.25) is 15.9 Å². The van der Waals surface area contributed by atoms with Crippen LogP contribution in [0.25, 0.3) is 0 Å². The highest BCUT2D eigenvalue weighted by Gasteiger charge is 2.28. The maximum atomic E-state index is 12.7. The van der Waals surface area contributed by atoms with Crippen LogP contribution < -0.4 is 10.0 Å². The molecule has 0 radical (unpaired) electrons. The van der Waals surface area contributed by atoms with Crippen molar-refractivity contribution in [2.75, 3.05) is 11.6 Å².